The van der Waals surface area contributed by atoms with Gasteiger partial charge in [0.25, 0.3) is 0 Å². The maximum atomic E-state index is 12.3. The van der Waals surface area contributed by atoms with Crippen LogP contribution in [0.15, 0.2) is 48.4 Å². The lowest BCUT2D eigenvalue weighted by Gasteiger charge is -2.15. The van der Waals surface area contributed by atoms with Crippen molar-refractivity contribution < 1.29 is 9.13 Å². The fourth-order valence-electron chi connectivity index (χ4n) is 0.941. The highest BCUT2D eigenvalue weighted by molar-refractivity contribution is 5.36. The molecule has 0 radical (unpaired) electrons. The van der Waals surface area contributed by atoms with E-state index < -0.39 is 6.80 Å². The van der Waals surface area contributed by atoms with Crippen LogP contribution in [-0.2, 0) is 4.74 Å². The summed E-state index contributed by atoms with van der Waals surface area (Å²) < 4.78 is 17.4. The molecule has 84 valence electrons. The Kier molecular flexibility index (Phi) is 6.18. The molecule has 0 saturated carbocycles. The van der Waals surface area contributed by atoms with Crippen molar-refractivity contribution in [3.63, 3.8) is 0 Å². The van der Waals surface area contributed by atoms with Gasteiger partial charge in [-0.3, -0.25) is 0 Å². The summed E-state index contributed by atoms with van der Waals surface area (Å²) >= 11 is 0. The van der Waals surface area contributed by atoms with E-state index in [1.165, 1.54) is 4.90 Å². The molecule has 0 aliphatic heterocycles. The number of hydrogen-bond donors (Lipinski definition) is 0. The smallest absolute Gasteiger partial charge is 0.161 e. The Bertz CT molecular complexity index is 292. The normalized spacial score (nSPS) is 12.3. The van der Waals surface area contributed by atoms with Crippen LogP contribution in [0.5, 0.6) is 0 Å². The summed E-state index contributed by atoms with van der Waals surface area (Å²) in [5.41, 5.74) is 1.48. The Morgan fingerprint density at radius 1 is 1.53 bits per heavy atom. The third-order valence-corrected chi connectivity index (χ3v) is 1.97. The third-order valence-electron chi connectivity index (χ3n) is 1.97. The molecule has 3 heteroatoms. The highest BCUT2D eigenvalue weighted by Gasteiger charge is 2.02. The molecule has 2 nitrogen and oxygen atoms in total. The lowest BCUT2D eigenvalue weighted by atomic mass is 10.2. The van der Waals surface area contributed by atoms with Gasteiger partial charge in [0.15, 0.2) is 6.80 Å². The largest absolute Gasteiger partial charge is 0.496 e. The average molecular weight is 211 g/mol. The number of rotatable bonds is 6. The van der Waals surface area contributed by atoms with E-state index in [-0.39, 0.29) is 0 Å². The summed E-state index contributed by atoms with van der Waals surface area (Å²) in [5, 5.41) is 0. The zero-order chi connectivity index (χ0) is 11.8. The maximum Gasteiger partial charge on any atom is 0.161 e. The Labute approximate surface area is 91.0 Å². The second kappa shape index (κ2) is 6.87. The molecule has 0 unspecified atom stereocenters. The second-order valence-corrected chi connectivity index (χ2v) is 3.10. The molecule has 0 atom stereocenters. The number of methoxy groups -OCH3 is 1. The van der Waals surface area contributed by atoms with Crippen molar-refractivity contribution in [2.24, 2.45) is 0 Å². The SMILES string of the molecule is C=C/C=C(/OC)C(=C)/C=C(/C)N(C)CF. The summed E-state index contributed by atoms with van der Waals surface area (Å²) in [4.78, 5) is 1.48. The minimum Gasteiger partial charge on any atom is -0.496 e. The van der Waals surface area contributed by atoms with E-state index in [0.717, 1.165) is 5.70 Å². The van der Waals surface area contributed by atoms with Gasteiger partial charge in [0.05, 0.1) is 7.11 Å². The van der Waals surface area contributed by atoms with Crippen LogP contribution in [0, 0.1) is 0 Å². The van der Waals surface area contributed by atoms with Crippen molar-refractivity contribution in [1.29, 1.82) is 0 Å². The van der Waals surface area contributed by atoms with Crippen LogP contribution in [0.2, 0.25) is 0 Å². The van der Waals surface area contributed by atoms with Crippen molar-refractivity contribution in [1.82, 2.24) is 4.90 Å². The average Bonchev–Trinajstić information content (AvgIpc) is 2.24. The van der Waals surface area contributed by atoms with Gasteiger partial charge in [-0.25, -0.2) is 4.39 Å². The van der Waals surface area contributed by atoms with Gasteiger partial charge < -0.3 is 9.64 Å². The molecule has 0 aromatic heterocycles. The topological polar surface area (TPSA) is 12.5 Å². The monoisotopic (exact) mass is 211 g/mol. The maximum absolute atomic E-state index is 12.3. The molecule has 0 bridgehead atoms. The predicted octanol–water partition coefficient (Wildman–Crippen LogP) is 3.02. The lowest BCUT2D eigenvalue weighted by Crippen LogP contribution is -2.14. The molecular formula is C12H18FNO. The molecular weight excluding hydrogens is 193 g/mol. The first-order chi connectivity index (χ1) is 7.06. The highest BCUT2D eigenvalue weighted by atomic mass is 19.1. The number of halogens is 1. The summed E-state index contributed by atoms with van der Waals surface area (Å²) in [6.07, 6.45) is 5.09. The van der Waals surface area contributed by atoms with Crippen LogP contribution in [0.3, 0.4) is 0 Å². The van der Waals surface area contributed by atoms with Crippen molar-refractivity contribution in [2.75, 3.05) is 21.0 Å². The Balaban J connectivity index is 4.72. The Morgan fingerprint density at radius 2 is 2.13 bits per heavy atom. The van der Waals surface area contributed by atoms with Gasteiger partial charge in [0.1, 0.15) is 5.76 Å². The molecule has 0 aromatic rings. The number of nitrogens with zero attached hydrogens (tertiary/aromatic N) is 1. The molecule has 0 saturated heterocycles. The molecule has 0 rings (SSSR count). The van der Waals surface area contributed by atoms with Crippen LogP contribution in [0.4, 0.5) is 4.39 Å². The van der Waals surface area contributed by atoms with Crippen LogP contribution in [0.25, 0.3) is 0 Å². The Hall–Kier alpha value is -1.51. The molecule has 0 heterocycles. The van der Waals surface area contributed by atoms with E-state index in [9.17, 15) is 4.39 Å². The van der Waals surface area contributed by atoms with E-state index in [0.29, 0.717) is 11.3 Å². The lowest BCUT2D eigenvalue weighted by molar-refractivity contribution is 0.273. The van der Waals surface area contributed by atoms with Gasteiger partial charge in [-0.1, -0.05) is 19.2 Å². The second-order valence-electron chi connectivity index (χ2n) is 3.10. The number of hydrogen-bond acceptors (Lipinski definition) is 2. The van der Waals surface area contributed by atoms with Crippen molar-refractivity contribution >= 4 is 0 Å². The Morgan fingerprint density at radius 3 is 2.53 bits per heavy atom. The molecule has 0 N–H and O–H groups in total. The van der Waals surface area contributed by atoms with Gasteiger partial charge in [-0.2, -0.15) is 0 Å². The quantitative estimate of drug-likeness (QED) is 0.380. The van der Waals surface area contributed by atoms with E-state index in [1.54, 1.807) is 32.4 Å². The standard InChI is InChI=1S/C12H18FNO/c1-6-7-12(15-5)10(2)8-11(3)14(4)9-13/h6-8H,1-2,9H2,3-5H3/b11-8-,12-7+. The van der Waals surface area contributed by atoms with E-state index in [1.807, 2.05) is 6.92 Å². The first-order valence-corrected chi connectivity index (χ1v) is 4.58. The fourth-order valence-corrected chi connectivity index (χ4v) is 0.941. The molecule has 0 spiro atoms. The predicted molar refractivity (Wildman–Crippen MR) is 61.9 cm³/mol. The summed E-state index contributed by atoms with van der Waals surface area (Å²) in [7, 11) is 3.23. The number of ether oxygens (including phenoxy) is 1. The summed E-state index contributed by atoms with van der Waals surface area (Å²) in [5.74, 6) is 0.622. The van der Waals surface area contributed by atoms with Crippen molar-refractivity contribution in [3.8, 4) is 0 Å². The first kappa shape index (κ1) is 13.5. The zero-order valence-electron chi connectivity index (χ0n) is 9.59. The van der Waals surface area contributed by atoms with Crippen LogP contribution < -0.4 is 0 Å². The van der Waals surface area contributed by atoms with Crippen LogP contribution in [0.1, 0.15) is 6.92 Å². The summed E-state index contributed by atoms with van der Waals surface area (Å²) in [6, 6.07) is 0. The van der Waals surface area contributed by atoms with E-state index in [2.05, 4.69) is 13.2 Å². The van der Waals surface area contributed by atoms with Crippen molar-refractivity contribution in [3.05, 3.63) is 48.4 Å². The molecule has 0 aliphatic carbocycles. The van der Waals surface area contributed by atoms with Crippen molar-refractivity contribution in [2.45, 2.75) is 6.92 Å². The van der Waals surface area contributed by atoms with E-state index >= 15 is 0 Å². The van der Waals surface area contributed by atoms with Gasteiger partial charge >= 0.3 is 0 Å². The zero-order valence-corrected chi connectivity index (χ0v) is 9.59. The van der Waals surface area contributed by atoms with E-state index in [4.69, 9.17) is 4.74 Å². The molecule has 15 heavy (non-hydrogen) atoms. The first-order valence-electron chi connectivity index (χ1n) is 4.58. The van der Waals surface area contributed by atoms with Gasteiger partial charge in [0.2, 0.25) is 0 Å². The minimum absolute atomic E-state index is 0.525. The fraction of sp³-hybridized carbons (Fsp3) is 0.333. The number of allylic oxidation sites excluding steroid dienone is 4. The molecule has 0 aliphatic rings. The molecule has 0 aromatic carbocycles. The summed E-state index contributed by atoms with van der Waals surface area (Å²) in [6.45, 7) is 8.69. The molecule has 0 amide bonds. The highest BCUT2D eigenvalue weighted by Crippen LogP contribution is 2.13. The molecule has 0 fully saturated rings. The minimum atomic E-state index is -0.525. The van der Waals surface area contributed by atoms with Crippen LogP contribution >= 0.6 is 0 Å². The van der Waals surface area contributed by atoms with Gasteiger partial charge in [0, 0.05) is 18.3 Å². The number of alkyl halides is 1. The van der Waals surface area contributed by atoms with Gasteiger partial charge in [-0.05, 0) is 19.1 Å². The van der Waals surface area contributed by atoms with Gasteiger partial charge in [-0.15, -0.1) is 0 Å². The van der Waals surface area contributed by atoms with Crippen LogP contribution in [-0.4, -0.2) is 25.9 Å². The third kappa shape index (κ3) is 4.49.